The lowest BCUT2D eigenvalue weighted by atomic mass is 10.1. The monoisotopic (exact) mass is 363 g/mol. The second-order valence-electron chi connectivity index (χ2n) is 5.09. The van der Waals surface area contributed by atoms with Crippen molar-refractivity contribution < 1.29 is 23.6 Å². The molecule has 0 spiro atoms. The van der Waals surface area contributed by atoms with Crippen molar-refractivity contribution in [1.82, 2.24) is 5.16 Å². The summed E-state index contributed by atoms with van der Waals surface area (Å²) in [5, 5.41) is 6.20. The molecule has 2 amide bonds. The molecular weight excluding hydrogens is 346 g/mol. The zero-order valence-electron chi connectivity index (χ0n) is 13.5. The lowest BCUT2D eigenvalue weighted by Gasteiger charge is -2.05. The summed E-state index contributed by atoms with van der Waals surface area (Å²) in [6.07, 6.45) is 0. The Hall–Kier alpha value is -2.81. The fourth-order valence-electron chi connectivity index (χ4n) is 1.80. The Balaban J connectivity index is 1.65. The van der Waals surface area contributed by atoms with Gasteiger partial charge in [0.05, 0.1) is 11.5 Å². The van der Waals surface area contributed by atoms with Gasteiger partial charge in [0.1, 0.15) is 12.4 Å². The zero-order valence-corrected chi connectivity index (χ0v) is 14.3. The van der Waals surface area contributed by atoms with E-state index in [-0.39, 0.29) is 24.0 Å². The fraction of sp³-hybridized carbons (Fsp3) is 0.250. The second-order valence-corrected chi connectivity index (χ2v) is 6.07. The molecule has 2 rings (SSSR count). The van der Waals surface area contributed by atoms with Crippen LogP contribution in [-0.4, -0.2) is 34.4 Å². The standard InChI is InChI=1S/C16H17N3O5S/c1-10-6-13(19-24-10)18-14(20)8-25-9-15(21)23-7-11-2-4-12(5-3-11)16(17)22/h2-6H,7-9H2,1H3,(H2,17,22)(H,18,19,20). The number of carbonyl (C=O) groups excluding carboxylic acids is 3. The Morgan fingerprint density at radius 1 is 1.24 bits per heavy atom. The number of nitrogens with one attached hydrogen (secondary N) is 1. The van der Waals surface area contributed by atoms with E-state index in [1.807, 2.05) is 0 Å². The first-order chi connectivity index (χ1) is 11.9. The molecule has 9 heteroatoms. The number of benzene rings is 1. The van der Waals surface area contributed by atoms with Crippen LogP contribution in [0, 0.1) is 6.92 Å². The largest absolute Gasteiger partial charge is 0.460 e. The number of carbonyl (C=O) groups is 3. The molecule has 0 fully saturated rings. The molecule has 0 saturated heterocycles. The van der Waals surface area contributed by atoms with E-state index in [9.17, 15) is 14.4 Å². The van der Waals surface area contributed by atoms with Crippen molar-refractivity contribution in [2.45, 2.75) is 13.5 Å². The molecule has 0 saturated carbocycles. The average Bonchev–Trinajstić information content (AvgIpc) is 2.98. The summed E-state index contributed by atoms with van der Waals surface area (Å²) < 4.78 is 9.93. The van der Waals surface area contributed by atoms with Crippen LogP contribution in [0.2, 0.25) is 0 Å². The molecule has 0 atom stereocenters. The van der Waals surface area contributed by atoms with Gasteiger partial charge in [-0.1, -0.05) is 17.3 Å². The van der Waals surface area contributed by atoms with Gasteiger partial charge < -0.3 is 20.3 Å². The number of aryl methyl sites for hydroxylation is 1. The van der Waals surface area contributed by atoms with E-state index in [1.54, 1.807) is 37.3 Å². The molecule has 0 aliphatic carbocycles. The molecule has 25 heavy (non-hydrogen) atoms. The summed E-state index contributed by atoms with van der Waals surface area (Å²) in [6.45, 7) is 1.80. The van der Waals surface area contributed by atoms with Crippen LogP contribution in [0.1, 0.15) is 21.7 Å². The number of thioether (sulfide) groups is 1. The number of hydrogen-bond acceptors (Lipinski definition) is 7. The van der Waals surface area contributed by atoms with Gasteiger partial charge in [-0.2, -0.15) is 0 Å². The lowest BCUT2D eigenvalue weighted by molar-refractivity contribution is -0.141. The second kappa shape index (κ2) is 8.88. The van der Waals surface area contributed by atoms with E-state index in [4.69, 9.17) is 15.0 Å². The van der Waals surface area contributed by atoms with Crippen molar-refractivity contribution in [2.75, 3.05) is 16.8 Å². The number of rotatable bonds is 8. The summed E-state index contributed by atoms with van der Waals surface area (Å²) >= 11 is 1.13. The molecule has 132 valence electrons. The predicted molar refractivity (Wildman–Crippen MR) is 92.0 cm³/mol. The fourth-order valence-corrected chi connectivity index (χ4v) is 2.41. The molecule has 0 aliphatic rings. The van der Waals surface area contributed by atoms with Gasteiger partial charge in [-0.3, -0.25) is 14.4 Å². The number of nitrogens with zero attached hydrogens (tertiary/aromatic N) is 1. The van der Waals surface area contributed by atoms with Gasteiger partial charge in [0.25, 0.3) is 0 Å². The summed E-state index contributed by atoms with van der Waals surface area (Å²) in [5.41, 5.74) is 6.27. The molecular formula is C16H17N3O5S. The first-order valence-corrected chi connectivity index (χ1v) is 8.45. The van der Waals surface area contributed by atoms with E-state index in [0.717, 1.165) is 17.3 Å². The van der Waals surface area contributed by atoms with Crippen LogP contribution in [0.5, 0.6) is 0 Å². The Kier molecular flexibility index (Phi) is 6.58. The smallest absolute Gasteiger partial charge is 0.316 e. The highest BCUT2D eigenvalue weighted by Crippen LogP contribution is 2.10. The zero-order chi connectivity index (χ0) is 18.2. The van der Waals surface area contributed by atoms with Crippen LogP contribution in [-0.2, 0) is 20.9 Å². The molecule has 1 heterocycles. The van der Waals surface area contributed by atoms with Gasteiger partial charge in [0, 0.05) is 11.6 Å². The molecule has 0 unspecified atom stereocenters. The SMILES string of the molecule is Cc1cc(NC(=O)CSCC(=O)OCc2ccc(C(N)=O)cc2)no1. The maximum atomic E-state index is 11.7. The van der Waals surface area contributed by atoms with Crippen LogP contribution in [0.25, 0.3) is 0 Å². The lowest BCUT2D eigenvalue weighted by Crippen LogP contribution is -2.16. The van der Waals surface area contributed by atoms with Crippen molar-refractivity contribution in [3.63, 3.8) is 0 Å². The molecule has 8 nitrogen and oxygen atoms in total. The molecule has 3 N–H and O–H groups in total. The van der Waals surface area contributed by atoms with Gasteiger partial charge in [-0.05, 0) is 24.6 Å². The van der Waals surface area contributed by atoms with Crippen molar-refractivity contribution >= 4 is 35.4 Å². The van der Waals surface area contributed by atoms with Gasteiger partial charge in [0.2, 0.25) is 11.8 Å². The van der Waals surface area contributed by atoms with E-state index in [1.165, 1.54) is 0 Å². The van der Waals surface area contributed by atoms with Crippen LogP contribution >= 0.6 is 11.8 Å². The van der Waals surface area contributed by atoms with Gasteiger partial charge in [-0.15, -0.1) is 11.8 Å². The van der Waals surface area contributed by atoms with Crippen molar-refractivity contribution in [1.29, 1.82) is 0 Å². The highest BCUT2D eigenvalue weighted by Gasteiger charge is 2.09. The van der Waals surface area contributed by atoms with Crippen molar-refractivity contribution in [2.24, 2.45) is 5.73 Å². The molecule has 1 aromatic carbocycles. The summed E-state index contributed by atoms with van der Waals surface area (Å²) in [7, 11) is 0. The van der Waals surface area contributed by atoms with Crippen LogP contribution in [0.3, 0.4) is 0 Å². The molecule has 0 bridgehead atoms. The first kappa shape index (κ1) is 18.5. The summed E-state index contributed by atoms with van der Waals surface area (Å²) in [4.78, 5) is 34.3. The number of ether oxygens (including phenoxy) is 1. The maximum absolute atomic E-state index is 11.7. The molecule has 1 aromatic heterocycles. The Bertz CT molecular complexity index is 757. The van der Waals surface area contributed by atoms with Crippen LogP contribution in [0.4, 0.5) is 5.82 Å². The van der Waals surface area contributed by atoms with E-state index >= 15 is 0 Å². The minimum absolute atomic E-state index is 0.0463. The number of aromatic nitrogens is 1. The highest BCUT2D eigenvalue weighted by molar-refractivity contribution is 8.00. The maximum Gasteiger partial charge on any atom is 0.316 e. The summed E-state index contributed by atoms with van der Waals surface area (Å²) in [6, 6.07) is 8.05. The minimum Gasteiger partial charge on any atom is -0.460 e. The Labute approximate surface area is 148 Å². The van der Waals surface area contributed by atoms with Gasteiger partial charge >= 0.3 is 5.97 Å². The van der Waals surface area contributed by atoms with Crippen LogP contribution < -0.4 is 11.1 Å². The molecule has 0 aliphatic heterocycles. The molecule has 0 radical (unpaired) electrons. The quantitative estimate of drug-likeness (QED) is 0.681. The number of nitrogens with two attached hydrogens (primary N) is 1. The van der Waals surface area contributed by atoms with Crippen LogP contribution in [0.15, 0.2) is 34.9 Å². The Morgan fingerprint density at radius 2 is 1.96 bits per heavy atom. The molecule has 2 aromatic rings. The normalized spacial score (nSPS) is 10.3. The first-order valence-electron chi connectivity index (χ1n) is 7.29. The summed E-state index contributed by atoms with van der Waals surface area (Å²) in [5.74, 6) is -0.166. The average molecular weight is 363 g/mol. The number of primary amides is 1. The highest BCUT2D eigenvalue weighted by atomic mass is 32.2. The van der Waals surface area contributed by atoms with Gasteiger partial charge in [0.15, 0.2) is 5.82 Å². The third kappa shape index (κ3) is 6.30. The van der Waals surface area contributed by atoms with Crippen molar-refractivity contribution in [3.8, 4) is 0 Å². The van der Waals surface area contributed by atoms with Gasteiger partial charge in [-0.25, -0.2) is 0 Å². The third-order valence-electron chi connectivity index (χ3n) is 2.99. The Morgan fingerprint density at radius 3 is 2.56 bits per heavy atom. The topological polar surface area (TPSA) is 125 Å². The minimum atomic E-state index is -0.515. The predicted octanol–water partition coefficient (Wildman–Crippen LogP) is 1.50. The number of hydrogen-bond donors (Lipinski definition) is 2. The number of esters is 1. The number of amides is 2. The number of anilines is 1. The third-order valence-corrected chi connectivity index (χ3v) is 3.89. The van der Waals surface area contributed by atoms with E-state index < -0.39 is 11.9 Å². The van der Waals surface area contributed by atoms with E-state index in [0.29, 0.717) is 17.1 Å². The van der Waals surface area contributed by atoms with E-state index in [2.05, 4.69) is 10.5 Å². The van der Waals surface area contributed by atoms with Crippen molar-refractivity contribution in [3.05, 3.63) is 47.2 Å².